The van der Waals surface area contributed by atoms with Crippen molar-refractivity contribution in [3.8, 4) is 5.75 Å². The predicted molar refractivity (Wildman–Crippen MR) is 65.0 cm³/mol. The van der Waals surface area contributed by atoms with Gasteiger partial charge >= 0.3 is 5.97 Å². The minimum atomic E-state index is -0.675. The monoisotopic (exact) mass is 234 g/mol. The van der Waals surface area contributed by atoms with E-state index < -0.39 is 5.97 Å². The van der Waals surface area contributed by atoms with Gasteiger partial charge in [-0.15, -0.1) is 0 Å². The van der Waals surface area contributed by atoms with Crippen molar-refractivity contribution in [3.05, 3.63) is 30.3 Å². The molecule has 0 heterocycles. The summed E-state index contributed by atoms with van der Waals surface area (Å²) in [5, 5.41) is 9.15. The normalized spacial score (nSPS) is 24.2. The summed E-state index contributed by atoms with van der Waals surface area (Å²) in [5.41, 5.74) is 0. The van der Waals surface area contributed by atoms with Gasteiger partial charge in [0.05, 0.1) is 12.5 Å². The van der Waals surface area contributed by atoms with Crippen molar-refractivity contribution in [3.63, 3.8) is 0 Å². The molecular weight excluding hydrogens is 216 g/mol. The van der Waals surface area contributed by atoms with Crippen LogP contribution in [0.15, 0.2) is 30.3 Å². The maximum atomic E-state index is 11.1. The van der Waals surface area contributed by atoms with Crippen LogP contribution >= 0.6 is 0 Å². The second-order valence-electron chi connectivity index (χ2n) is 4.61. The Labute approximate surface area is 101 Å². The molecule has 2 rings (SSSR count). The highest BCUT2D eigenvalue weighted by molar-refractivity contribution is 5.70. The van der Waals surface area contributed by atoms with Gasteiger partial charge in [0.25, 0.3) is 0 Å². The van der Waals surface area contributed by atoms with E-state index in [1.54, 1.807) is 0 Å². The van der Waals surface area contributed by atoms with Crippen LogP contribution in [-0.2, 0) is 4.79 Å². The van der Waals surface area contributed by atoms with E-state index in [0.29, 0.717) is 6.61 Å². The van der Waals surface area contributed by atoms with Crippen LogP contribution in [0.5, 0.6) is 5.75 Å². The lowest BCUT2D eigenvalue weighted by molar-refractivity contribution is -0.145. The number of hydrogen-bond donors (Lipinski definition) is 1. The van der Waals surface area contributed by atoms with Gasteiger partial charge in [-0.05, 0) is 25.0 Å². The van der Waals surface area contributed by atoms with Crippen LogP contribution in [0.4, 0.5) is 0 Å². The van der Waals surface area contributed by atoms with Crippen LogP contribution in [0.2, 0.25) is 0 Å². The number of hydrogen-bond acceptors (Lipinski definition) is 2. The average Bonchev–Trinajstić information content (AvgIpc) is 2.38. The fourth-order valence-electron chi connectivity index (χ4n) is 2.45. The van der Waals surface area contributed by atoms with Crippen LogP contribution in [0.1, 0.15) is 25.7 Å². The number of rotatable bonds is 4. The average molecular weight is 234 g/mol. The van der Waals surface area contributed by atoms with E-state index in [1.165, 1.54) is 0 Å². The maximum Gasteiger partial charge on any atom is 0.306 e. The van der Waals surface area contributed by atoms with Crippen LogP contribution < -0.4 is 4.74 Å². The molecule has 17 heavy (non-hydrogen) atoms. The fraction of sp³-hybridized carbons (Fsp3) is 0.500. The molecule has 1 saturated carbocycles. The molecule has 2 unspecified atom stereocenters. The van der Waals surface area contributed by atoms with Crippen molar-refractivity contribution in [1.29, 1.82) is 0 Å². The topological polar surface area (TPSA) is 46.5 Å². The molecule has 1 aromatic rings. The minimum Gasteiger partial charge on any atom is -0.493 e. The highest BCUT2D eigenvalue weighted by Crippen LogP contribution is 2.30. The molecule has 3 nitrogen and oxygen atoms in total. The van der Waals surface area contributed by atoms with Gasteiger partial charge in [-0.3, -0.25) is 4.79 Å². The third-order valence-corrected chi connectivity index (χ3v) is 3.43. The van der Waals surface area contributed by atoms with Crippen LogP contribution in [0, 0.1) is 11.8 Å². The maximum absolute atomic E-state index is 11.1. The lowest BCUT2D eigenvalue weighted by Crippen LogP contribution is -2.31. The molecule has 1 aliphatic carbocycles. The summed E-state index contributed by atoms with van der Waals surface area (Å²) >= 11 is 0. The molecule has 0 aromatic heterocycles. The van der Waals surface area contributed by atoms with Gasteiger partial charge in [0, 0.05) is 5.92 Å². The Kier molecular flexibility index (Phi) is 4.02. The molecule has 0 saturated heterocycles. The van der Waals surface area contributed by atoms with E-state index in [9.17, 15) is 4.79 Å². The summed E-state index contributed by atoms with van der Waals surface area (Å²) < 4.78 is 5.66. The van der Waals surface area contributed by atoms with Gasteiger partial charge in [0.15, 0.2) is 0 Å². The first kappa shape index (κ1) is 12.0. The molecule has 0 radical (unpaired) electrons. The second kappa shape index (κ2) is 5.71. The smallest absolute Gasteiger partial charge is 0.306 e. The molecule has 0 bridgehead atoms. The molecule has 2 atom stereocenters. The Morgan fingerprint density at radius 3 is 2.65 bits per heavy atom. The van der Waals surface area contributed by atoms with Gasteiger partial charge in [0.1, 0.15) is 5.75 Å². The number of para-hydroxylation sites is 1. The van der Waals surface area contributed by atoms with Gasteiger partial charge in [-0.1, -0.05) is 31.0 Å². The lowest BCUT2D eigenvalue weighted by atomic mass is 9.80. The van der Waals surface area contributed by atoms with E-state index >= 15 is 0 Å². The fourth-order valence-corrected chi connectivity index (χ4v) is 2.45. The van der Waals surface area contributed by atoms with Gasteiger partial charge in [-0.25, -0.2) is 0 Å². The quantitative estimate of drug-likeness (QED) is 0.871. The van der Waals surface area contributed by atoms with Gasteiger partial charge in [0.2, 0.25) is 0 Å². The summed E-state index contributed by atoms with van der Waals surface area (Å²) in [6, 6.07) is 9.58. The standard InChI is InChI=1S/C14H18O3/c15-14(16)13-9-5-4-6-11(13)10-17-12-7-2-1-3-8-12/h1-3,7-8,11,13H,4-6,9-10H2,(H,15,16). The zero-order valence-corrected chi connectivity index (χ0v) is 9.84. The van der Waals surface area contributed by atoms with E-state index in [1.807, 2.05) is 30.3 Å². The Morgan fingerprint density at radius 1 is 1.24 bits per heavy atom. The van der Waals surface area contributed by atoms with Crippen molar-refractivity contribution < 1.29 is 14.6 Å². The Balaban J connectivity index is 1.90. The molecule has 1 aromatic carbocycles. The molecule has 0 aliphatic heterocycles. The van der Waals surface area contributed by atoms with Crippen molar-refractivity contribution in [1.82, 2.24) is 0 Å². The number of carboxylic acid groups (broad SMARTS) is 1. The largest absolute Gasteiger partial charge is 0.493 e. The van der Waals surface area contributed by atoms with Crippen LogP contribution in [-0.4, -0.2) is 17.7 Å². The van der Waals surface area contributed by atoms with Crippen LogP contribution in [0.25, 0.3) is 0 Å². The Morgan fingerprint density at radius 2 is 1.94 bits per heavy atom. The van der Waals surface area contributed by atoms with Gasteiger partial charge < -0.3 is 9.84 Å². The lowest BCUT2D eigenvalue weighted by Gasteiger charge is -2.28. The number of benzene rings is 1. The molecule has 0 spiro atoms. The van der Waals surface area contributed by atoms with E-state index in [-0.39, 0.29) is 11.8 Å². The van der Waals surface area contributed by atoms with Crippen molar-refractivity contribution in [2.24, 2.45) is 11.8 Å². The molecule has 3 heteroatoms. The van der Waals surface area contributed by atoms with E-state index in [2.05, 4.69) is 0 Å². The van der Waals surface area contributed by atoms with Crippen molar-refractivity contribution in [2.75, 3.05) is 6.61 Å². The number of aliphatic carboxylic acids is 1. The zero-order valence-electron chi connectivity index (χ0n) is 9.84. The third-order valence-electron chi connectivity index (χ3n) is 3.43. The molecule has 1 N–H and O–H groups in total. The molecule has 1 aliphatic rings. The van der Waals surface area contributed by atoms with E-state index in [0.717, 1.165) is 31.4 Å². The SMILES string of the molecule is O=C(O)C1CCCCC1COc1ccccc1. The Hall–Kier alpha value is -1.51. The predicted octanol–water partition coefficient (Wildman–Crippen LogP) is 2.96. The highest BCUT2D eigenvalue weighted by atomic mass is 16.5. The summed E-state index contributed by atoms with van der Waals surface area (Å²) in [5.74, 6) is 0.0718. The number of carbonyl (C=O) groups is 1. The summed E-state index contributed by atoms with van der Waals surface area (Å²) in [4.78, 5) is 11.1. The summed E-state index contributed by atoms with van der Waals surface area (Å²) in [7, 11) is 0. The van der Waals surface area contributed by atoms with Crippen LogP contribution in [0.3, 0.4) is 0 Å². The summed E-state index contributed by atoms with van der Waals surface area (Å²) in [6.07, 6.45) is 3.90. The Bertz CT molecular complexity index is 361. The van der Waals surface area contributed by atoms with Gasteiger partial charge in [-0.2, -0.15) is 0 Å². The molecule has 0 amide bonds. The van der Waals surface area contributed by atoms with Crippen molar-refractivity contribution in [2.45, 2.75) is 25.7 Å². The van der Waals surface area contributed by atoms with Crippen molar-refractivity contribution >= 4 is 5.97 Å². The number of carboxylic acids is 1. The summed E-state index contributed by atoms with van der Waals surface area (Å²) in [6.45, 7) is 0.515. The first-order chi connectivity index (χ1) is 8.27. The molecular formula is C14H18O3. The first-order valence-electron chi connectivity index (χ1n) is 6.18. The third kappa shape index (κ3) is 3.22. The second-order valence-corrected chi connectivity index (χ2v) is 4.61. The minimum absolute atomic E-state index is 0.154. The molecule has 92 valence electrons. The number of ether oxygens (including phenoxy) is 1. The highest BCUT2D eigenvalue weighted by Gasteiger charge is 2.31. The zero-order chi connectivity index (χ0) is 12.1. The first-order valence-corrected chi connectivity index (χ1v) is 6.18. The molecule has 1 fully saturated rings. The van der Waals surface area contributed by atoms with E-state index in [4.69, 9.17) is 9.84 Å².